The SMILES string of the molecule is CCCN(CC(=O)N1CCc2sccc2[C@H]1COc1cccc(F)c1)C(=O)c1cccs1. The number of benzene rings is 1. The van der Waals surface area contributed by atoms with Crippen molar-refractivity contribution in [3.63, 3.8) is 0 Å². The van der Waals surface area contributed by atoms with Crippen molar-refractivity contribution >= 4 is 34.5 Å². The van der Waals surface area contributed by atoms with Gasteiger partial charge in [-0.2, -0.15) is 0 Å². The first-order valence-corrected chi connectivity index (χ1v) is 12.4. The van der Waals surface area contributed by atoms with Crippen molar-refractivity contribution < 1.29 is 18.7 Å². The smallest absolute Gasteiger partial charge is 0.264 e. The quantitative estimate of drug-likeness (QED) is 0.463. The van der Waals surface area contributed by atoms with E-state index >= 15 is 0 Å². The van der Waals surface area contributed by atoms with Crippen molar-refractivity contribution in [3.8, 4) is 5.75 Å². The summed E-state index contributed by atoms with van der Waals surface area (Å²) in [6.07, 6.45) is 1.55. The summed E-state index contributed by atoms with van der Waals surface area (Å²) in [7, 11) is 0. The molecule has 0 saturated carbocycles. The van der Waals surface area contributed by atoms with Gasteiger partial charge in [-0.3, -0.25) is 9.59 Å². The van der Waals surface area contributed by atoms with E-state index in [9.17, 15) is 14.0 Å². The number of thiophene rings is 2. The average molecular weight is 473 g/mol. The second-order valence-electron chi connectivity index (χ2n) is 7.62. The zero-order chi connectivity index (χ0) is 22.5. The Balaban J connectivity index is 1.51. The lowest BCUT2D eigenvalue weighted by atomic mass is 10.0. The van der Waals surface area contributed by atoms with Crippen molar-refractivity contribution in [2.24, 2.45) is 0 Å². The summed E-state index contributed by atoms with van der Waals surface area (Å²) >= 11 is 3.06. The highest BCUT2D eigenvalue weighted by Crippen LogP contribution is 2.34. The molecule has 0 saturated heterocycles. The minimum atomic E-state index is -0.363. The highest BCUT2D eigenvalue weighted by molar-refractivity contribution is 7.12. The van der Waals surface area contributed by atoms with Crippen LogP contribution in [0.2, 0.25) is 0 Å². The van der Waals surface area contributed by atoms with E-state index in [2.05, 4.69) is 0 Å². The Labute approximate surface area is 195 Å². The Kier molecular flexibility index (Phi) is 7.22. The van der Waals surface area contributed by atoms with Crippen LogP contribution in [0.1, 0.15) is 39.5 Å². The molecule has 0 unspecified atom stereocenters. The maximum Gasteiger partial charge on any atom is 0.264 e. The van der Waals surface area contributed by atoms with E-state index in [4.69, 9.17) is 4.74 Å². The normalized spacial score (nSPS) is 15.3. The molecule has 4 rings (SSSR count). The van der Waals surface area contributed by atoms with Crippen LogP contribution < -0.4 is 4.74 Å². The molecule has 1 aliphatic heterocycles. The number of halogens is 1. The average Bonchev–Trinajstić information content (AvgIpc) is 3.48. The molecule has 2 amide bonds. The highest BCUT2D eigenvalue weighted by atomic mass is 32.1. The van der Waals surface area contributed by atoms with Crippen molar-refractivity contribution in [1.29, 1.82) is 0 Å². The van der Waals surface area contributed by atoms with E-state index in [1.807, 2.05) is 29.8 Å². The fourth-order valence-electron chi connectivity index (χ4n) is 3.94. The van der Waals surface area contributed by atoms with Gasteiger partial charge in [-0.05, 0) is 53.4 Å². The summed E-state index contributed by atoms with van der Waals surface area (Å²) in [5, 5.41) is 3.89. The zero-order valence-electron chi connectivity index (χ0n) is 17.8. The Morgan fingerprint density at radius 2 is 2.06 bits per heavy atom. The van der Waals surface area contributed by atoms with Crippen molar-refractivity contribution in [2.45, 2.75) is 25.8 Å². The Bertz CT molecular complexity index is 1070. The molecule has 1 atom stereocenters. The summed E-state index contributed by atoms with van der Waals surface area (Å²) in [4.78, 5) is 31.6. The van der Waals surface area contributed by atoms with E-state index in [1.165, 1.54) is 28.3 Å². The Morgan fingerprint density at radius 1 is 1.19 bits per heavy atom. The molecule has 3 aromatic rings. The fraction of sp³-hybridized carbons (Fsp3) is 0.333. The lowest BCUT2D eigenvalue weighted by Crippen LogP contribution is -2.48. The summed E-state index contributed by atoms with van der Waals surface area (Å²) < 4.78 is 19.4. The van der Waals surface area contributed by atoms with Crippen molar-refractivity contribution in [2.75, 3.05) is 26.2 Å². The summed E-state index contributed by atoms with van der Waals surface area (Å²) in [6.45, 7) is 3.33. The maximum atomic E-state index is 13.6. The van der Waals surface area contributed by atoms with Gasteiger partial charge in [0.05, 0.1) is 10.9 Å². The Hall–Kier alpha value is -2.71. The number of rotatable bonds is 8. The van der Waals surface area contributed by atoms with E-state index in [0.717, 1.165) is 18.4 Å². The largest absolute Gasteiger partial charge is 0.491 e. The van der Waals surface area contributed by atoms with Gasteiger partial charge in [0.25, 0.3) is 5.91 Å². The molecule has 0 aliphatic carbocycles. The molecular weight excluding hydrogens is 447 g/mol. The molecule has 5 nitrogen and oxygen atoms in total. The number of fused-ring (bicyclic) bond motifs is 1. The first-order valence-electron chi connectivity index (χ1n) is 10.6. The first-order chi connectivity index (χ1) is 15.6. The topological polar surface area (TPSA) is 49.9 Å². The number of carbonyl (C=O) groups excluding carboxylic acids is 2. The van der Waals surface area contributed by atoms with Gasteiger partial charge in [0.2, 0.25) is 5.91 Å². The molecular formula is C24H25FN2O3S2. The summed E-state index contributed by atoms with van der Waals surface area (Å²) in [6, 6.07) is 11.4. The van der Waals surface area contributed by atoms with Crippen LogP contribution in [0.4, 0.5) is 4.39 Å². The van der Waals surface area contributed by atoms with Crippen LogP contribution in [0.25, 0.3) is 0 Å². The number of hydrogen-bond acceptors (Lipinski definition) is 5. The third-order valence-electron chi connectivity index (χ3n) is 5.46. The molecule has 1 aliphatic rings. The molecule has 0 radical (unpaired) electrons. The molecule has 0 bridgehead atoms. The number of hydrogen-bond donors (Lipinski definition) is 0. The highest BCUT2D eigenvalue weighted by Gasteiger charge is 2.33. The second kappa shape index (κ2) is 10.3. The molecule has 0 spiro atoms. The molecule has 8 heteroatoms. The van der Waals surface area contributed by atoms with Gasteiger partial charge in [0.15, 0.2) is 0 Å². The molecule has 0 fully saturated rings. The molecule has 32 heavy (non-hydrogen) atoms. The van der Waals surface area contributed by atoms with Crippen LogP contribution in [-0.2, 0) is 11.2 Å². The fourth-order valence-corrected chi connectivity index (χ4v) is 5.56. The predicted octanol–water partition coefficient (Wildman–Crippen LogP) is 5.01. The van der Waals surface area contributed by atoms with Crippen molar-refractivity contribution in [1.82, 2.24) is 9.80 Å². The lowest BCUT2D eigenvalue weighted by Gasteiger charge is -2.37. The summed E-state index contributed by atoms with van der Waals surface area (Å²) in [5.74, 6) is -0.151. The molecule has 0 N–H and O–H groups in total. The maximum absolute atomic E-state index is 13.6. The minimum absolute atomic E-state index is 0.0283. The van der Waals surface area contributed by atoms with Gasteiger partial charge >= 0.3 is 0 Å². The third-order valence-corrected chi connectivity index (χ3v) is 7.31. The van der Waals surface area contributed by atoms with Crippen LogP contribution in [0, 0.1) is 5.82 Å². The van der Waals surface area contributed by atoms with Gasteiger partial charge < -0.3 is 14.5 Å². The van der Waals surface area contributed by atoms with Crippen LogP contribution in [-0.4, -0.2) is 47.9 Å². The van der Waals surface area contributed by atoms with Gasteiger partial charge in [-0.1, -0.05) is 19.1 Å². The molecule has 2 aromatic heterocycles. The molecule has 3 heterocycles. The predicted molar refractivity (Wildman–Crippen MR) is 125 cm³/mol. The zero-order valence-corrected chi connectivity index (χ0v) is 19.5. The number of carbonyl (C=O) groups is 2. The summed E-state index contributed by atoms with van der Waals surface area (Å²) in [5.41, 5.74) is 1.07. The number of nitrogens with zero attached hydrogens (tertiary/aromatic N) is 2. The van der Waals surface area contributed by atoms with Crippen LogP contribution in [0.15, 0.2) is 53.2 Å². The van der Waals surface area contributed by atoms with Crippen LogP contribution >= 0.6 is 22.7 Å². The first kappa shape index (κ1) is 22.5. The van der Waals surface area contributed by atoms with Gasteiger partial charge in [-0.25, -0.2) is 4.39 Å². The van der Waals surface area contributed by atoms with E-state index in [1.54, 1.807) is 39.3 Å². The minimum Gasteiger partial charge on any atom is -0.491 e. The van der Waals surface area contributed by atoms with Gasteiger partial charge in [-0.15, -0.1) is 22.7 Å². The second-order valence-corrected chi connectivity index (χ2v) is 9.57. The van der Waals surface area contributed by atoms with Crippen molar-refractivity contribution in [3.05, 3.63) is 74.4 Å². The number of amides is 2. The van der Waals surface area contributed by atoms with E-state index in [-0.39, 0.29) is 36.8 Å². The third kappa shape index (κ3) is 5.02. The molecule has 1 aromatic carbocycles. The monoisotopic (exact) mass is 472 g/mol. The Morgan fingerprint density at radius 3 is 2.81 bits per heavy atom. The standard InChI is InChI=1S/C24H25FN2O3S2/c1-2-10-26(24(29)22-7-4-12-31-22)15-23(28)27-11-8-21-19(9-13-32-21)20(27)16-30-18-6-3-5-17(25)14-18/h3-7,9,12-14,20H,2,8,10-11,15-16H2,1H3/t20-/m1/s1. The molecule has 168 valence electrons. The van der Waals surface area contributed by atoms with Crippen LogP contribution in [0.3, 0.4) is 0 Å². The lowest BCUT2D eigenvalue weighted by molar-refractivity contribution is -0.135. The number of ether oxygens (including phenoxy) is 1. The van der Waals surface area contributed by atoms with Crippen LogP contribution in [0.5, 0.6) is 5.75 Å². The van der Waals surface area contributed by atoms with E-state index in [0.29, 0.717) is 23.7 Å². The van der Waals surface area contributed by atoms with E-state index < -0.39 is 0 Å². The van der Waals surface area contributed by atoms with Gasteiger partial charge in [0, 0.05) is 24.0 Å². The van der Waals surface area contributed by atoms with Gasteiger partial charge in [0.1, 0.15) is 24.7 Å².